The predicted octanol–water partition coefficient (Wildman–Crippen LogP) is 13.3. The first-order chi connectivity index (χ1) is 27.2. The molecule has 1 saturated heterocycles. The van der Waals surface area contributed by atoms with Crippen LogP contribution in [0.2, 0.25) is 0 Å². The van der Waals surface area contributed by atoms with Crippen LogP contribution >= 0.6 is 22.7 Å². The van der Waals surface area contributed by atoms with Gasteiger partial charge in [-0.25, -0.2) is 0 Å². The third kappa shape index (κ3) is 4.13. The second-order valence-electron chi connectivity index (χ2n) is 14.8. The fourth-order valence-corrected chi connectivity index (χ4v) is 12.1. The fraction of sp³-hybridized carbons (Fsp3) is 0.122. The second kappa shape index (κ2) is 11.5. The van der Waals surface area contributed by atoms with Crippen LogP contribution in [0.1, 0.15) is 42.1 Å². The number of nitrogens with zero attached hydrogens (tertiary/aromatic N) is 3. The van der Waals surface area contributed by atoms with Crippen molar-refractivity contribution in [2.45, 2.75) is 32.7 Å². The van der Waals surface area contributed by atoms with E-state index in [9.17, 15) is 5.26 Å². The van der Waals surface area contributed by atoms with E-state index in [0.29, 0.717) is 0 Å². The van der Waals surface area contributed by atoms with Crippen LogP contribution < -0.4 is 5.32 Å². The van der Waals surface area contributed by atoms with E-state index >= 15 is 0 Å². The van der Waals surface area contributed by atoms with Crippen molar-refractivity contribution >= 4 is 107 Å². The lowest BCUT2D eigenvalue weighted by Gasteiger charge is -2.26. The molecule has 7 aromatic carbocycles. The zero-order chi connectivity index (χ0) is 36.5. The first-order valence-electron chi connectivity index (χ1n) is 19.2. The van der Waals surface area contributed by atoms with Crippen LogP contribution in [0.3, 0.4) is 0 Å². The van der Waals surface area contributed by atoms with E-state index in [1.165, 1.54) is 89.7 Å². The molecule has 0 bridgehead atoms. The molecule has 1 fully saturated rings. The molecule has 6 heteroatoms. The lowest BCUT2D eigenvalue weighted by atomic mass is 9.88. The summed E-state index contributed by atoms with van der Waals surface area (Å²) in [7, 11) is 0. The molecular weight excluding hydrogens is 709 g/mol. The Bertz CT molecular complexity index is 3490. The standard InChI is InChI=1S/C49H34N4S2/c1-3-27-33(25-50)48(52-35-17-9-5-13-29(35)44-37(52)21-23-41-46(44)31-15-7-11-19-39(31)54-41)28(4-2)49(43(27)34-26-51-34)53-36-18-10-6-14-30(36)45-38(53)22-24-42-47(45)32-16-8-12-20-40(32)55-42/h5-24,34,51H,3-4,26H2,1-2H3. The fourth-order valence-electron chi connectivity index (χ4n) is 9.84. The summed E-state index contributed by atoms with van der Waals surface area (Å²) >= 11 is 3.73. The summed E-state index contributed by atoms with van der Waals surface area (Å²) in [5.74, 6) is 0. The van der Waals surface area contributed by atoms with E-state index in [2.05, 4.69) is 156 Å². The minimum Gasteiger partial charge on any atom is -0.309 e. The molecule has 262 valence electrons. The van der Waals surface area contributed by atoms with Crippen molar-refractivity contribution in [3.63, 3.8) is 0 Å². The van der Waals surface area contributed by atoms with Crippen molar-refractivity contribution in [1.82, 2.24) is 14.5 Å². The zero-order valence-corrected chi connectivity index (χ0v) is 32.0. The molecule has 0 radical (unpaired) electrons. The number of benzene rings is 7. The van der Waals surface area contributed by atoms with E-state index < -0.39 is 0 Å². The largest absolute Gasteiger partial charge is 0.309 e. The number of hydrogen-bond acceptors (Lipinski definition) is 4. The molecule has 0 aliphatic carbocycles. The summed E-state index contributed by atoms with van der Waals surface area (Å²) in [6.07, 6.45) is 1.52. The van der Waals surface area contributed by atoms with Gasteiger partial charge in [0.05, 0.1) is 39.0 Å². The van der Waals surface area contributed by atoms with Gasteiger partial charge in [0.1, 0.15) is 6.07 Å². The molecule has 1 aliphatic heterocycles. The van der Waals surface area contributed by atoms with Crippen LogP contribution in [-0.4, -0.2) is 15.7 Å². The molecule has 4 nitrogen and oxygen atoms in total. The number of rotatable bonds is 5. The first-order valence-corrected chi connectivity index (χ1v) is 20.9. The van der Waals surface area contributed by atoms with E-state index in [1.807, 2.05) is 22.7 Å². The van der Waals surface area contributed by atoms with Crippen LogP contribution in [0.25, 0.3) is 95.3 Å². The summed E-state index contributed by atoms with van der Waals surface area (Å²) in [6.45, 7) is 5.40. The third-order valence-electron chi connectivity index (χ3n) is 12.1. The van der Waals surface area contributed by atoms with Crippen molar-refractivity contribution in [3.05, 3.63) is 144 Å². The molecule has 1 N–H and O–H groups in total. The highest BCUT2D eigenvalue weighted by molar-refractivity contribution is 7.26. The van der Waals surface area contributed by atoms with Gasteiger partial charge in [-0.15, -0.1) is 22.7 Å². The van der Waals surface area contributed by atoms with Crippen molar-refractivity contribution in [3.8, 4) is 17.4 Å². The van der Waals surface area contributed by atoms with Crippen molar-refractivity contribution in [1.29, 1.82) is 5.26 Å². The number of fused-ring (bicyclic) bond motifs is 14. The van der Waals surface area contributed by atoms with Crippen LogP contribution in [-0.2, 0) is 12.8 Å². The molecule has 11 aromatic rings. The molecule has 1 aliphatic rings. The van der Waals surface area contributed by atoms with Gasteiger partial charge < -0.3 is 14.5 Å². The predicted molar refractivity (Wildman–Crippen MR) is 235 cm³/mol. The van der Waals surface area contributed by atoms with Gasteiger partial charge in [-0.3, -0.25) is 0 Å². The van der Waals surface area contributed by atoms with Gasteiger partial charge in [0, 0.05) is 80.0 Å². The van der Waals surface area contributed by atoms with Gasteiger partial charge >= 0.3 is 0 Å². The third-order valence-corrected chi connectivity index (χ3v) is 14.3. The number of para-hydroxylation sites is 2. The lowest BCUT2D eigenvalue weighted by Crippen LogP contribution is -2.15. The molecule has 0 spiro atoms. The SMILES string of the molecule is CCc1c(C#N)c(-n2c3ccccc3c3c4c(ccc32)sc2ccccc24)c(CC)c(-n2c3ccccc3c3c4c(ccc32)sc2ccccc24)c1C1CN1. The number of nitriles is 1. The molecule has 0 amide bonds. The van der Waals surface area contributed by atoms with Crippen LogP contribution in [0.5, 0.6) is 0 Å². The minimum atomic E-state index is 0.188. The van der Waals surface area contributed by atoms with Crippen LogP contribution in [0.15, 0.2) is 121 Å². The van der Waals surface area contributed by atoms with E-state index in [0.717, 1.165) is 47.2 Å². The van der Waals surface area contributed by atoms with E-state index in [-0.39, 0.29) is 6.04 Å². The normalized spacial score (nSPS) is 14.5. The van der Waals surface area contributed by atoms with Gasteiger partial charge in [-0.1, -0.05) is 86.6 Å². The molecular formula is C49H34N4S2. The Kier molecular flexibility index (Phi) is 6.57. The van der Waals surface area contributed by atoms with Crippen molar-refractivity contribution in [2.75, 3.05) is 6.54 Å². The highest BCUT2D eigenvalue weighted by atomic mass is 32.1. The van der Waals surface area contributed by atoms with Gasteiger partial charge in [-0.05, 0) is 72.5 Å². The Balaban J connectivity index is 1.30. The average molecular weight is 743 g/mol. The van der Waals surface area contributed by atoms with Gasteiger partial charge in [0.2, 0.25) is 0 Å². The van der Waals surface area contributed by atoms with Crippen LogP contribution in [0.4, 0.5) is 0 Å². The maximum absolute atomic E-state index is 11.4. The Morgan fingerprint density at radius 3 is 1.51 bits per heavy atom. The lowest BCUT2D eigenvalue weighted by molar-refractivity contribution is 0.927. The molecule has 1 atom stereocenters. The summed E-state index contributed by atoms with van der Waals surface area (Å²) in [6, 6.07) is 47.7. The molecule has 12 rings (SSSR count). The highest BCUT2D eigenvalue weighted by Crippen LogP contribution is 2.49. The average Bonchev–Trinajstić information content (AvgIpc) is 3.61. The molecule has 4 aromatic heterocycles. The Morgan fingerprint density at radius 2 is 1.02 bits per heavy atom. The summed E-state index contributed by atoms with van der Waals surface area (Å²) in [5.41, 5.74) is 11.3. The number of aromatic nitrogens is 2. The molecule has 55 heavy (non-hydrogen) atoms. The highest BCUT2D eigenvalue weighted by Gasteiger charge is 2.36. The van der Waals surface area contributed by atoms with Crippen molar-refractivity contribution < 1.29 is 0 Å². The second-order valence-corrected chi connectivity index (χ2v) is 17.0. The maximum atomic E-state index is 11.4. The van der Waals surface area contributed by atoms with Crippen LogP contribution in [0, 0.1) is 11.3 Å². The summed E-state index contributed by atoms with van der Waals surface area (Å²) < 4.78 is 10.2. The number of nitrogens with one attached hydrogen (secondary N) is 1. The Morgan fingerprint density at radius 1 is 0.545 bits per heavy atom. The molecule has 0 saturated carbocycles. The smallest absolute Gasteiger partial charge is 0.102 e. The van der Waals surface area contributed by atoms with Gasteiger partial charge in [0.15, 0.2) is 0 Å². The Labute approximate surface area is 325 Å². The molecule has 1 unspecified atom stereocenters. The zero-order valence-electron chi connectivity index (χ0n) is 30.4. The number of hydrogen-bond donors (Lipinski definition) is 1. The topological polar surface area (TPSA) is 55.6 Å². The first kappa shape index (κ1) is 31.4. The van der Waals surface area contributed by atoms with E-state index in [4.69, 9.17) is 0 Å². The molecule has 5 heterocycles. The number of thiophene rings is 2. The van der Waals surface area contributed by atoms with Gasteiger partial charge in [0.25, 0.3) is 0 Å². The monoisotopic (exact) mass is 742 g/mol. The summed E-state index contributed by atoms with van der Waals surface area (Å²) in [5, 5.41) is 25.3. The summed E-state index contributed by atoms with van der Waals surface area (Å²) in [4.78, 5) is 0. The maximum Gasteiger partial charge on any atom is 0.102 e. The quantitative estimate of drug-likeness (QED) is 0.179. The van der Waals surface area contributed by atoms with Crippen molar-refractivity contribution in [2.24, 2.45) is 0 Å². The Hall–Kier alpha value is -5.97. The van der Waals surface area contributed by atoms with Gasteiger partial charge in [-0.2, -0.15) is 5.26 Å². The minimum absolute atomic E-state index is 0.188. The van der Waals surface area contributed by atoms with E-state index in [1.54, 1.807) is 0 Å².